The minimum absolute atomic E-state index is 0.00481. The molecule has 1 spiro atoms. The molecular formula is C19H24FN3O5S. The number of amides is 3. The molecule has 8 nitrogen and oxygen atoms in total. The Kier molecular flexibility index (Phi) is 4.92. The van der Waals surface area contributed by atoms with Crippen LogP contribution in [0.4, 0.5) is 14.0 Å². The van der Waals surface area contributed by atoms with E-state index in [2.05, 4.69) is 5.32 Å². The molecule has 0 unspecified atom stereocenters. The summed E-state index contributed by atoms with van der Waals surface area (Å²) in [4.78, 5) is 27.4. The third kappa shape index (κ3) is 4.17. The van der Waals surface area contributed by atoms with E-state index in [-0.39, 0.29) is 16.8 Å². The van der Waals surface area contributed by atoms with Crippen molar-refractivity contribution in [2.24, 2.45) is 5.92 Å². The van der Waals surface area contributed by atoms with Gasteiger partial charge in [-0.15, -0.1) is 0 Å². The number of halogens is 1. The molecule has 3 saturated heterocycles. The number of carbonyl (C=O) groups excluding carboxylic acids is 2. The monoisotopic (exact) mass is 425 g/mol. The highest BCUT2D eigenvalue weighted by Gasteiger charge is 2.52. The Morgan fingerprint density at radius 1 is 1.24 bits per heavy atom. The number of piperidine rings is 1. The van der Waals surface area contributed by atoms with Crippen LogP contribution in [0.1, 0.15) is 18.4 Å². The molecule has 0 saturated carbocycles. The minimum atomic E-state index is -3.46. The van der Waals surface area contributed by atoms with Crippen molar-refractivity contribution in [3.8, 4) is 0 Å². The first-order valence-corrected chi connectivity index (χ1v) is 11.5. The van der Waals surface area contributed by atoms with Crippen LogP contribution in [-0.2, 0) is 21.0 Å². The molecule has 4 rings (SSSR count). The van der Waals surface area contributed by atoms with Crippen molar-refractivity contribution >= 4 is 22.0 Å². The van der Waals surface area contributed by atoms with Crippen LogP contribution in [0, 0.1) is 11.7 Å². The summed E-state index contributed by atoms with van der Waals surface area (Å²) in [5.41, 5.74) is 0.233. The van der Waals surface area contributed by atoms with Crippen LogP contribution in [0.3, 0.4) is 0 Å². The summed E-state index contributed by atoms with van der Waals surface area (Å²) in [5.74, 6) is -0.288. The number of hydrogen-bond acceptors (Lipinski definition) is 5. The highest BCUT2D eigenvalue weighted by atomic mass is 32.2. The molecule has 3 fully saturated rings. The van der Waals surface area contributed by atoms with E-state index in [1.54, 1.807) is 9.80 Å². The van der Waals surface area contributed by atoms with E-state index in [0.717, 1.165) is 25.2 Å². The van der Waals surface area contributed by atoms with Gasteiger partial charge in [0, 0.05) is 19.3 Å². The third-order valence-corrected chi connectivity index (χ3v) is 6.97. The average molecular weight is 425 g/mol. The topological polar surface area (TPSA) is 96.0 Å². The van der Waals surface area contributed by atoms with Crippen LogP contribution in [0.2, 0.25) is 0 Å². The number of urea groups is 1. The summed E-state index contributed by atoms with van der Waals surface area (Å²) in [6, 6.07) is 3.91. The lowest BCUT2D eigenvalue weighted by molar-refractivity contribution is 0.0473. The summed E-state index contributed by atoms with van der Waals surface area (Å²) < 4.78 is 42.2. The molecule has 29 heavy (non-hydrogen) atoms. The van der Waals surface area contributed by atoms with Gasteiger partial charge in [0.1, 0.15) is 18.0 Å². The maximum Gasteiger partial charge on any atom is 0.407 e. The van der Waals surface area contributed by atoms with Crippen LogP contribution in [0.25, 0.3) is 0 Å². The number of rotatable bonds is 3. The van der Waals surface area contributed by atoms with Gasteiger partial charge in [0.25, 0.3) is 0 Å². The van der Waals surface area contributed by atoms with Crippen molar-refractivity contribution in [2.45, 2.75) is 29.7 Å². The summed E-state index contributed by atoms with van der Waals surface area (Å²) >= 11 is 0. The summed E-state index contributed by atoms with van der Waals surface area (Å²) in [6.07, 6.45) is 2.76. The molecule has 158 valence electrons. The molecule has 3 heterocycles. The lowest BCUT2D eigenvalue weighted by Crippen LogP contribution is -2.71. The Hall–Kier alpha value is -2.36. The van der Waals surface area contributed by atoms with E-state index in [0.29, 0.717) is 44.8 Å². The van der Waals surface area contributed by atoms with E-state index < -0.39 is 27.3 Å². The van der Waals surface area contributed by atoms with Crippen LogP contribution in [-0.4, -0.2) is 74.9 Å². The predicted molar refractivity (Wildman–Crippen MR) is 102 cm³/mol. The molecule has 0 radical (unpaired) electrons. The second kappa shape index (κ2) is 7.16. The Morgan fingerprint density at radius 3 is 2.52 bits per heavy atom. The fourth-order valence-electron chi connectivity index (χ4n) is 4.30. The van der Waals surface area contributed by atoms with Gasteiger partial charge in [-0.1, -0.05) is 0 Å². The van der Waals surface area contributed by atoms with Gasteiger partial charge in [-0.3, -0.25) is 0 Å². The van der Waals surface area contributed by atoms with Gasteiger partial charge in [0.2, 0.25) is 0 Å². The molecule has 1 aromatic carbocycles. The second-order valence-electron chi connectivity index (χ2n) is 8.32. The fraction of sp³-hybridized carbons (Fsp3) is 0.579. The Labute approximate surface area is 168 Å². The number of alkyl carbamates (subject to hydrolysis) is 1. The van der Waals surface area contributed by atoms with E-state index >= 15 is 0 Å². The number of ether oxygens (including phenoxy) is 1. The molecule has 10 heteroatoms. The maximum absolute atomic E-state index is 13.8. The van der Waals surface area contributed by atoms with Gasteiger partial charge in [0.05, 0.1) is 18.0 Å². The van der Waals surface area contributed by atoms with Crippen molar-refractivity contribution < 1.29 is 27.1 Å². The number of likely N-dealkylation sites (tertiary alicyclic amines) is 2. The third-order valence-electron chi connectivity index (χ3n) is 5.87. The van der Waals surface area contributed by atoms with E-state index in [1.165, 1.54) is 12.1 Å². The number of carbonyl (C=O) groups is 2. The first-order valence-electron chi connectivity index (χ1n) is 9.62. The van der Waals surface area contributed by atoms with Gasteiger partial charge in [-0.2, -0.15) is 0 Å². The van der Waals surface area contributed by atoms with Crippen molar-refractivity contribution in [1.82, 2.24) is 15.1 Å². The largest absolute Gasteiger partial charge is 0.447 e. The summed E-state index contributed by atoms with van der Waals surface area (Å²) in [6.45, 7) is 2.40. The van der Waals surface area contributed by atoms with Gasteiger partial charge < -0.3 is 19.9 Å². The number of nitrogens with zero attached hydrogens (tertiary/aromatic N) is 2. The first kappa shape index (κ1) is 19.9. The molecule has 3 aliphatic rings. The quantitative estimate of drug-likeness (QED) is 0.790. The SMILES string of the molecule is CS(=O)(=O)c1cc(F)cc(CC2CCN(C(=O)N3CC4(COC(=O)N4)C3)CC2)c1. The smallest absolute Gasteiger partial charge is 0.407 e. The zero-order chi connectivity index (χ0) is 20.8. The number of benzene rings is 1. The molecule has 1 N–H and O–H groups in total. The molecular weight excluding hydrogens is 401 g/mol. The van der Waals surface area contributed by atoms with Gasteiger partial charge >= 0.3 is 12.1 Å². The Balaban J connectivity index is 1.30. The lowest BCUT2D eigenvalue weighted by atomic mass is 9.89. The summed E-state index contributed by atoms with van der Waals surface area (Å²) in [5, 5.41) is 2.76. The van der Waals surface area contributed by atoms with Crippen molar-refractivity contribution in [2.75, 3.05) is 39.0 Å². The normalized spacial score (nSPS) is 21.7. The van der Waals surface area contributed by atoms with E-state index in [4.69, 9.17) is 4.74 Å². The molecule has 0 atom stereocenters. The first-order chi connectivity index (χ1) is 13.6. The lowest BCUT2D eigenvalue weighted by Gasteiger charge is -2.48. The molecule has 3 aliphatic heterocycles. The standard InChI is InChI=1S/C19H24FN3O5S/c1-29(26,27)16-8-14(7-15(20)9-16)6-13-2-4-22(5-3-13)18(25)23-10-19(11-23)12-28-17(24)21-19/h7-9,13H,2-6,10-12H2,1H3,(H,21,24). The highest BCUT2D eigenvalue weighted by Crippen LogP contribution is 2.29. The summed E-state index contributed by atoms with van der Waals surface area (Å²) in [7, 11) is -3.46. The van der Waals surface area contributed by atoms with Crippen LogP contribution in [0.15, 0.2) is 23.1 Å². The average Bonchev–Trinajstić information content (AvgIpc) is 3.01. The predicted octanol–water partition coefficient (Wildman–Crippen LogP) is 1.40. The van der Waals surface area contributed by atoms with E-state index in [1.807, 2.05) is 0 Å². The molecule has 0 aromatic heterocycles. The van der Waals surface area contributed by atoms with Gasteiger partial charge in [-0.05, 0) is 48.9 Å². The minimum Gasteiger partial charge on any atom is -0.447 e. The number of nitrogens with one attached hydrogen (secondary N) is 1. The molecule has 0 bridgehead atoms. The highest BCUT2D eigenvalue weighted by molar-refractivity contribution is 7.90. The zero-order valence-corrected chi connectivity index (χ0v) is 17.0. The Bertz CT molecular complexity index is 937. The van der Waals surface area contributed by atoms with Gasteiger partial charge in [-0.25, -0.2) is 22.4 Å². The number of cyclic esters (lactones) is 1. The second-order valence-corrected chi connectivity index (χ2v) is 10.3. The number of hydrogen-bond donors (Lipinski definition) is 1. The van der Waals surface area contributed by atoms with Crippen molar-refractivity contribution in [3.05, 3.63) is 29.6 Å². The number of sulfone groups is 1. The van der Waals surface area contributed by atoms with Crippen LogP contribution in [0.5, 0.6) is 0 Å². The van der Waals surface area contributed by atoms with E-state index in [9.17, 15) is 22.4 Å². The maximum atomic E-state index is 13.8. The molecule has 0 aliphatic carbocycles. The Morgan fingerprint density at radius 2 is 1.93 bits per heavy atom. The van der Waals surface area contributed by atoms with Crippen molar-refractivity contribution in [1.29, 1.82) is 0 Å². The van der Waals surface area contributed by atoms with Gasteiger partial charge in [0.15, 0.2) is 9.84 Å². The van der Waals surface area contributed by atoms with Crippen LogP contribution < -0.4 is 5.32 Å². The molecule has 1 aromatic rings. The molecule has 3 amide bonds. The van der Waals surface area contributed by atoms with Crippen molar-refractivity contribution in [3.63, 3.8) is 0 Å². The van der Waals surface area contributed by atoms with Crippen LogP contribution >= 0.6 is 0 Å². The zero-order valence-electron chi connectivity index (χ0n) is 16.2. The fourth-order valence-corrected chi connectivity index (χ4v) is 4.99.